The second-order valence-electron chi connectivity index (χ2n) is 7.85. The Hall–Kier alpha value is -2.87. The quantitative estimate of drug-likeness (QED) is 0.415. The summed E-state index contributed by atoms with van der Waals surface area (Å²) in [6.45, 7) is 0.684. The van der Waals surface area contributed by atoms with E-state index in [9.17, 15) is 17.6 Å². The van der Waals surface area contributed by atoms with E-state index >= 15 is 0 Å². The molecule has 0 aliphatic heterocycles. The third-order valence-electron chi connectivity index (χ3n) is 5.74. The lowest BCUT2D eigenvalue weighted by Gasteiger charge is -2.30. The standard InChI is InChI=1S/C23H23F4N3O/c24-21-7-6-17(11-20(21)23(25,26)27)31-16-4-2-15(3-5-16)30-12-14-1-8-22(28)19-13-29-10-9-18(14)19/h1,6-11,13,15-16,30H,2-5,12,28H2. The third kappa shape index (κ3) is 4.90. The van der Waals surface area contributed by atoms with Gasteiger partial charge in [-0.1, -0.05) is 6.07 Å². The smallest absolute Gasteiger partial charge is 0.419 e. The van der Waals surface area contributed by atoms with Crippen LogP contribution < -0.4 is 15.8 Å². The number of hydrogen-bond donors (Lipinski definition) is 2. The van der Waals surface area contributed by atoms with Crippen LogP contribution in [0.3, 0.4) is 0 Å². The number of ether oxygens (including phenoxy) is 1. The number of nitrogens with two attached hydrogens (primary N) is 1. The molecule has 4 nitrogen and oxygen atoms in total. The van der Waals surface area contributed by atoms with E-state index in [-0.39, 0.29) is 17.9 Å². The molecule has 0 radical (unpaired) electrons. The number of nitrogens with zero attached hydrogens (tertiary/aromatic N) is 1. The summed E-state index contributed by atoms with van der Waals surface area (Å²) in [5, 5.41) is 5.55. The van der Waals surface area contributed by atoms with Crippen molar-refractivity contribution >= 4 is 16.5 Å². The van der Waals surface area contributed by atoms with Crippen molar-refractivity contribution < 1.29 is 22.3 Å². The van der Waals surface area contributed by atoms with Crippen LogP contribution in [0.5, 0.6) is 5.75 Å². The highest BCUT2D eigenvalue weighted by molar-refractivity contribution is 5.94. The van der Waals surface area contributed by atoms with Crippen LogP contribution in [0.4, 0.5) is 23.2 Å². The number of nitrogen functional groups attached to an aromatic ring is 1. The molecule has 3 aromatic rings. The Morgan fingerprint density at radius 2 is 1.81 bits per heavy atom. The van der Waals surface area contributed by atoms with Crippen molar-refractivity contribution in [1.29, 1.82) is 0 Å². The van der Waals surface area contributed by atoms with Crippen LogP contribution in [-0.4, -0.2) is 17.1 Å². The lowest BCUT2D eigenvalue weighted by Crippen LogP contribution is -2.36. The molecule has 0 amide bonds. The maximum Gasteiger partial charge on any atom is 0.419 e. The van der Waals surface area contributed by atoms with Crippen LogP contribution in [0.25, 0.3) is 10.8 Å². The van der Waals surface area contributed by atoms with Gasteiger partial charge in [-0.3, -0.25) is 4.98 Å². The van der Waals surface area contributed by atoms with Gasteiger partial charge in [-0.05, 0) is 67.0 Å². The zero-order valence-electron chi connectivity index (χ0n) is 16.8. The van der Waals surface area contributed by atoms with Gasteiger partial charge < -0.3 is 15.8 Å². The molecule has 4 rings (SSSR count). The number of nitrogens with one attached hydrogen (secondary N) is 1. The fourth-order valence-corrected chi connectivity index (χ4v) is 4.06. The predicted molar refractivity (Wildman–Crippen MR) is 111 cm³/mol. The molecule has 1 heterocycles. The predicted octanol–water partition coefficient (Wildman–Crippen LogP) is 5.45. The Labute approximate surface area is 177 Å². The number of alkyl halides is 3. The van der Waals surface area contributed by atoms with Gasteiger partial charge in [0.2, 0.25) is 0 Å². The van der Waals surface area contributed by atoms with Gasteiger partial charge in [0, 0.05) is 36.1 Å². The highest BCUT2D eigenvalue weighted by Gasteiger charge is 2.34. The molecule has 31 heavy (non-hydrogen) atoms. The molecule has 3 N–H and O–H groups in total. The maximum atomic E-state index is 13.4. The number of halogens is 4. The van der Waals surface area contributed by atoms with Crippen LogP contribution in [-0.2, 0) is 12.7 Å². The van der Waals surface area contributed by atoms with Crippen LogP contribution in [0.1, 0.15) is 36.8 Å². The summed E-state index contributed by atoms with van der Waals surface area (Å²) in [5.74, 6) is -1.24. The van der Waals surface area contributed by atoms with E-state index in [2.05, 4.69) is 10.3 Å². The second kappa shape index (κ2) is 8.70. The molecule has 0 saturated heterocycles. The summed E-state index contributed by atoms with van der Waals surface area (Å²) in [4.78, 5) is 4.13. The first-order valence-electron chi connectivity index (χ1n) is 10.2. The number of anilines is 1. The third-order valence-corrected chi connectivity index (χ3v) is 5.74. The summed E-state index contributed by atoms with van der Waals surface area (Å²) >= 11 is 0. The second-order valence-corrected chi connectivity index (χ2v) is 7.85. The summed E-state index contributed by atoms with van der Waals surface area (Å²) in [5.41, 5.74) is 6.56. The average molecular weight is 433 g/mol. The first-order valence-corrected chi connectivity index (χ1v) is 10.2. The van der Waals surface area contributed by atoms with Gasteiger partial charge in [-0.2, -0.15) is 13.2 Å². The molecule has 0 spiro atoms. The van der Waals surface area contributed by atoms with Crippen molar-refractivity contribution in [2.45, 2.75) is 50.6 Å². The van der Waals surface area contributed by atoms with Crippen LogP contribution >= 0.6 is 0 Å². The van der Waals surface area contributed by atoms with Crippen molar-refractivity contribution in [2.75, 3.05) is 5.73 Å². The Kier molecular flexibility index (Phi) is 6.00. The van der Waals surface area contributed by atoms with E-state index in [1.54, 1.807) is 12.4 Å². The first kappa shape index (κ1) is 21.4. The summed E-state index contributed by atoms with van der Waals surface area (Å²) < 4.78 is 57.8. The lowest BCUT2D eigenvalue weighted by molar-refractivity contribution is -0.140. The Morgan fingerprint density at radius 3 is 2.55 bits per heavy atom. The van der Waals surface area contributed by atoms with Crippen molar-refractivity contribution in [2.24, 2.45) is 0 Å². The monoisotopic (exact) mass is 433 g/mol. The Balaban J connectivity index is 1.32. The molecular weight excluding hydrogens is 410 g/mol. The van der Waals surface area contributed by atoms with Gasteiger partial charge in [-0.15, -0.1) is 0 Å². The normalized spacial score (nSPS) is 19.5. The molecular formula is C23H23F4N3O. The van der Waals surface area contributed by atoms with E-state index in [1.807, 2.05) is 18.2 Å². The molecule has 8 heteroatoms. The first-order chi connectivity index (χ1) is 14.8. The molecule has 164 valence electrons. The lowest BCUT2D eigenvalue weighted by atomic mass is 9.92. The van der Waals surface area contributed by atoms with Gasteiger partial charge in [0.05, 0.1) is 11.7 Å². The summed E-state index contributed by atoms with van der Waals surface area (Å²) in [7, 11) is 0. The molecule has 1 aliphatic rings. The number of fused-ring (bicyclic) bond motifs is 1. The minimum atomic E-state index is -4.74. The molecule has 0 bridgehead atoms. The minimum absolute atomic E-state index is 0.0482. The van der Waals surface area contributed by atoms with E-state index in [1.165, 1.54) is 6.07 Å². The largest absolute Gasteiger partial charge is 0.490 e. The van der Waals surface area contributed by atoms with Gasteiger partial charge in [-0.25, -0.2) is 4.39 Å². The van der Waals surface area contributed by atoms with Crippen LogP contribution in [0, 0.1) is 5.82 Å². The topological polar surface area (TPSA) is 60.2 Å². The van der Waals surface area contributed by atoms with Gasteiger partial charge >= 0.3 is 6.18 Å². The van der Waals surface area contributed by atoms with Crippen LogP contribution in [0.15, 0.2) is 48.8 Å². The number of aromatic nitrogens is 1. The van der Waals surface area contributed by atoms with Crippen molar-refractivity contribution in [1.82, 2.24) is 10.3 Å². The SMILES string of the molecule is Nc1ccc(CNC2CCC(Oc3ccc(F)c(C(F)(F)F)c3)CC2)c2ccncc12. The molecule has 0 atom stereocenters. The Morgan fingerprint density at radius 1 is 1.03 bits per heavy atom. The number of hydrogen-bond acceptors (Lipinski definition) is 4. The molecule has 1 aromatic heterocycles. The zero-order valence-corrected chi connectivity index (χ0v) is 16.8. The molecule has 0 unspecified atom stereocenters. The minimum Gasteiger partial charge on any atom is -0.490 e. The van der Waals surface area contributed by atoms with Crippen molar-refractivity contribution in [3.63, 3.8) is 0 Å². The van der Waals surface area contributed by atoms with E-state index in [0.717, 1.165) is 41.3 Å². The maximum absolute atomic E-state index is 13.4. The zero-order chi connectivity index (χ0) is 22.0. The van der Waals surface area contributed by atoms with Gasteiger partial charge in [0.15, 0.2) is 0 Å². The number of rotatable bonds is 5. The van der Waals surface area contributed by atoms with Crippen molar-refractivity contribution in [3.05, 3.63) is 65.7 Å². The average Bonchev–Trinajstić information content (AvgIpc) is 2.75. The summed E-state index contributed by atoms with van der Waals surface area (Å²) in [6.07, 6.45) is 1.68. The van der Waals surface area contributed by atoms with Gasteiger partial charge in [0.1, 0.15) is 11.6 Å². The Bertz CT molecular complexity index is 1060. The highest BCUT2D eigenvalue weighted by Crippen LogP contribution is 2.34. The molecule has 1 aliphatic carbocycles. The molecule has 1 saturated carbocycles. The van der Waals surface area contributed by atoms with E-state index in [0.29, 0.717) is 25.1 Å². The molecule has 1 fully saturated rings. The fraction of sp³-hybridized carbons (Fsp3) is 0.348. The number of pyridine rings is 1. The molecule has 2 aromatic carbocycles. The highest BCUT2D eigenvalue weighted by atomic mass is 19.4. The van der Waals surface area contributed by atoms with Gasteiger partial charge in [0.25, 0.3) is 0 Å². The fourth-order valence-electron chi connectivity index (χ4n) is 4.06. The van der Waals surface area contributed by atoms with Crippen LogP contribution in [0.2, 0.25) is 0 Å². The summed E-state index contributed by atoms with van der Waals surface area (Å²) in [6, 6.07) is 8.91. The van der Waals surface area contributed by atoms with E-state index in [4.69, 9.17) is 10.5 Å². The van der Waals surface area contributed by atoms with Crippen molar-refractivity contribution in [3.8, 4) is 5.75 Å². The number of benzene rings is 2. The van der Waals surface area contributed by atoms with E-state index < -0.39 is 17.6 Å².